The molecule has 0 bridgehead atoms. The van der Waals surface area contributed by atoms with Crippen LogP contribution < -0.4 is 5.32 Å². The predicted octanol–water partition coefficient (Wildman–Crippen LogP) is 2.57. The summed E-state index contributed by atoms with van der Waals surface area (Å²) < 4.78 is 1.59. The molecule has 3 aromatic rings. The van der Waals surface area contributed by atoms with Gasteiger partial charge >= 0.3 is 0 Å². The van der Waals surface area contributed by atoms with Gasteiger partial charge in [0, 0.05) is 5.69 Å². The average Bonchev–Trinajstić information content (AvgIpc) is 3.09. The molecule has 0 radical (unpaired) electrons. The fourth-order valence-corrected chi connectivity index (χ4v) is 2.80. The first-order valence-electron chi connectivity index (χ1n) is 7.44. The summed E-state index contributed by atoms with van der Waals surface area (Å²) in [6.07, 6.45) is 0. The summed E-state index contributed by atoms with van der Waals surface area (Å²) in [6, 6.07) is 16.6. The third-order valence-electron chi connectivity index (χ3n) is 3.33. The maximum absolute atomic E-state index is 12.1. The number of hydrogen-bond donors (Lipinski definition) is 1. The normalized spacial score (nSPS) is 10.2. The minimum Gasteiger partial charge on any atom is -0.325 e. The molecule has 25 heavy (non-hydrogen) atoms. The standard InChI is InChI=1S/C17H14N6OS/c1-12-5-7-15(8-6-12)23-17(20-21-22-23)25-11-16(24)19-14-4-2-3-13(9-14)10-18/h2-9H,11H2,1H3,(H,19,24). The summed E-state index contributed by atoms with van der Waals surface area (Å²) in [5, 5.41) is 23.8. The molecular formula is C17H14N6OS. The average molecular weight is 350 g/mol. The number of benzene rings is 2. The molecule has 0 spiro atoms. The molecule has 1 amide bonds. The largest absolute Gasteiger partial charge is 0.325 e. The zero-order valence-corrected chi connectivity index (χ0v) is 14.2. The lowest BCUT2D eigenvalue weighted by Crippen LogP contribution is -2.14. The second-order valence-corrected chi connectivity index (χ2v) is 6.18. The van der Waals surface area contributed by atoms with Crippen LogP contribution in [-0.2, 0) is 4.79 Å². The molecule has 3 rings (SSSR count). The highest BCUT2D eigenvalue weighted by atomic mass is 32.2. The van der Waals surface area contributed by atoms with Crippen molar-refractivity contribution in [3.8, 4) is 11.8 Å². The summed E-state index contributed by atoms with van der Waals surface area (Å²) in [7, 11) is 0. The van der Waals surface area contributed by atoms with Crippen molar-refractivity contribution in [2.45, 2.75) is 12.1 Å². The van der Waals surface area contributed by atoms with Gasteiger partial charge in [-0.15, -0.1) is 5.10 Å². The molecule has 0 unspecified atom stereocenters. The van der Waals surface area contributed by atoms with Crippen LogP contribution in [0, 0.1) is 18.3 Å². The molecule has 0 saturated carbocycles. The van der Waals surface area contributed by atoms with Crippen LogP contribution in [0.25, 0.3) is 5.69 Å². The van der Waals surface area contributed by atoms with E-state index in [1.54, 1.807) is 28.9 Å². The van der Waals surface area contributed by atoms with Gasteiger partial charge in [0.1, 0.15) is 0 Å². The molecule has 0 atom stereocenters. The Hall–Kier alpha value is -3.18. The number of nitrogens with zero attached hydrogens (tertiary/aromatic N) is 5. The van der Waals surface area contributed by atoms with Crippen molar-refractivity contribution in [3.05, 3.63) is 59.7 Å². The van der Waals surface area contributed by atoms with Crippen LogP contribution in [0.4, 0.5) is 5.69 Å². The molecule has 0 saturated heterocycles. The predicted molar refractivity (Wildman–Crippen MR) is 94.4 cm³/mol. The molecule has 2 aromatic carbocycles. The third kappa shape index (κ3) is 4.22. The van der Waals surface area contributed by atoms with Crippen LogP contribution in [-0.4, -0.2) is 31.9 Å². The maximum Gasteiger partial charge on any atom is 0.234 e. The zero-order chi connectivity index (χ0) is 17.6. The summed E-state index contributed by atoms with van der Waals surface area (Å²) in [6.45, 7) is 2.00. The molecule has 0 aliphatic heterocycles. The van der Waals surface area contributed by atoms with E-state index in [2.05, 4.69) is 20.8 Å². The van der Waals surface area contributed by atoms with E-state index in [-0.39, 0.29) is 11.7 Å². The Balaban J connectivity index is 1.64. The molecule has 8 heteroatoms. The number of carbonyl (C=O) groups is 1. The Labute approximate surface area is 148 Å². The van der Waals surface area contributed by atoms with Gasteiger partial charge in [-0.3, -0.25) is 4.79 Å². The van der Waals surface area contributed by atoms with Crippen LogP contribution in [0.2, 0.25) is 0 Å². The SMILES string of the molecule is Cc1ccc(-n2nnnc2SCC(=O)Nc2cccc(C#N)c2)cc1. The van der Waals surface area contributed by atoms with Crippen LogP contribution >= 0.6 is 11.8 Å². The minimum absolute atomic E-state index is 0.156. The van der Waals surface area contributed by atoms with Crippen molar-refractivity contribution in [2.75, 3.05) is 11.1 Å². The molecule has 124 valence electrons. The fourth-order valence-electron chi connectivity index (χ4n) is 2.11. The Bertz CT molecular complexity index is 929. The first-order valence-corrected chi connectivity index (χ1v) is 8.42. The van der Waals surface area contributed by atoms with Crippen LogP contribution in [0.5, 0.6) is 0 Å². The number of aromatic nitrogens is 4. The number of hydrogen-bond acceptors (Lipinski definition) is 6. The number of nitrogens with one attached hydrogen (secondary N) is 1. The molecule has 0 fully saturated rings. The van der Waals surface area contributed by atoms with E-state index in [1.807, 2.05) is 37.3 Å². The molecular weight excluding hydrogens is 336 g/mol. The molecule has 1 heterocycles. The number of carbonyl (C=O) groups excluding carboxylic acids is 1. The highest BCUT2D eigenvalue weighted by molar-refractivity contribution is 7.99. The molecule has 1 aromatic heterocycles. The number of rotatable bonds is 5. The van der Waals surface area contributed by atoms with E-state index in [0.29, 0.717) is 16.4 Å². The molecule has 1 N–H and O–H groups in total. The van der Waals surface area contributed by atoms with Gasteiger partial charge in [-0.25, -0.2) is 0 Å². The van der Waals surface area contributed by atoms with Gasteiger partial charge in [0.25, 0.3) is 0 Å². The highest BCUT2D eigenvalue weighted by Gasteiger charge is 2.11. The Morgan fingerprint density at radius 3 is 2.84 bits per heavy atom. The first-order chi connectivity index (χ1) is 12.2. The van der Waals surface area contributed by atoms with Crippen LogP contribution in [0.3, 0.4) is 0 Å². The number of amides is 1. The van der Waals surface area contributed by atoms with E-state index in [0.717, 1.165) is 11.3 Å². The van der Waals surface area contributed by atoms with Crippen LogP contribution in [0.1, 0.15) is 11.1 Å². The van der Waals surface area contributed by atoms with Gasteiger partial charge in [0.2, 0.25) is 11.1 Å². The summed E-state index contributed by atoms with van der Waals surface area (Å²) in [4.78, 5) is 12.1. The summed E-state index contributed by atoms with van der Waals surface area (Å²) in [5.41, 5.74) is 3.06. The molecule has 0 aliphatic carbocycles. The van der Waals surface area contributed by atoms with Gasteiger partial charge in [-0.2, -0.15) is 9.94 Å². The lowest BCUT2D eigenvalue weighted by Gasteiger charge is -2.06. The Morgan fingerprint density at radius 2 is 2.08 bits per heavy atom. The lowest BCUT2D eigenvalue weighted by molar-refractivity contribution is -0.113. The fraction of sp³-hybridized carbons (Fsp3) is 0.118. The third-order valence-corrected chi connectivity index (χ3v) is 4.25. The van der Waals surface area contributed by atoms with Crippen molar-refractivity contribution in [3.63, 3.8) is 0 Å². The Morgan fingerprint density at radius 1 is 1.28 bits per heavy atom. The number of tetrazole rings is 1. The van der Waals surface area contributed by atoms with Gasteiger partial charge in [-0.05, 0) is 47.7 Å². The number of nitriles is 1. The van der Waals surface area contributed by atoms with E-state index in [1.165, 1.54) is 11.8 Å². The molecule has 7 nitrogen and oxygen atoms in total. The van der Waals surface area contributed by atoms with Gasteiger partial charge in [-0.1, -0.05) is 35.5 Å². The zero-order valence-electron chi connectivity index (χ0n) is 13.4. The number of aryl methyl sites for hydroxylation is 1. The number of thioether (sulfide) groups is 1. The van der Waals surface area contributed by atoms with Crippen LogP contribution in [0.15, 0.2) is 53.7 Å². The lowest BCUT2D eigenvalue weighted by atomic mass is 10.2. The topological polar surface area (TPSA) is 96.5 Å². The maximum atomic E-state index is 12.1. The second-order valence-electron chi connectivity index (χ2n) is 5.24. The summed E-state index contributed by atoms with van der Waals surface area (Å²) >= 11 is 1.24. The highest BCUT2D eigenvalue weighted by Crippen LogP contribution is 2.19. The molecule has 0 aliphatic rings. The van der Waals surface area contributed by atoms with E-state index in [4.69, 9.17) is 5.26 Å². The first kappa shape index (κ1) is 16.7. The van der Waals surface area contributed by atoms with Crippen molar-refractivity contribution in [1.29, 1.82) is 5.26 Å². The van der Waals surface area contributed by atoms with E-state index in [9.17, 15) is 4.79 Å². The quantitative estimate of drug-likeness (QED) is 0.711. The Kier molecular flexibility index (Phi) is 5.06. The van der Waals surface area contributed by atoms with Crippen molar-refractivity contribution in [1.82, 2.24) is 20.2 Å². The van der Waals surface area contributed by atoms with Crippen molar-refractivity contribution < 1.29 is 4.79 Å². The van der Waals surface area contributed by atoms with Gasteiger partial charge in [0.15, 0.2) is 0 Å². The van der Waals surface area contributed by atoms with Gasteiger partial charge < -0.3 is 5.32 Å². The van der Waals surface area contributed by atoms with E-state index < -0.39 is 0 Å². The second kappa shape index (κ2) is 7.59. The van der Waals surface area contributed by atoms with Crippen molar-refractivity contribution >= 4 is 23.4 Å². The monoisotopic (exact) mass is 350 g/mol. The van der Waals surface area contributed by atoms with E-state index >= 15 is 0 Å². The van der Waals surface area contributed by atoms with Crippen molar-refractivity contribution in [2.24, 2.45) is 0 Å². The number of anilines is 1. The smallest absolute Gasteiger partial charge is 0.234 e. The summed E-state index contributed by atoms with van der Waals surface area (Å²) in [5.74, 6) is -0.0400. The minimum atomic E-state index is -0.196. The van der Waals surface area contributed by atoms with Gasteiger partial charge in [0.05, 0.1) is 23.1 Å².